The van der Waals surface area contributed by atoms with Gasteiger partial charge in [0.2, 0.25) is 0 Å². The van der Waals surface area contributed by atoms with Crippen LogP contribution in [0.4, 0.5) is 31.7 Å². The summed E-state index contributed by atoms with van der Waals surface area (Å²) in [6.07, 6.45) is 2.44. The lowest BCUT2D eigenvalue weighted by atomic mass is 10.2. The summed E-state index contributed by atoms with van der Waals surface area (Å²) < 4.78 is 27.3. The molecule has 1 saturated heterocycles. The topological polar surface area (TPSA) is 70.2 Å². The fourth-order valence-corrected chi connectivity index (χ4v) is 3.19. The zero-order valence-corrected chi connectivity index (χ0v) is 15.5. The van der Waals surface area contributed by atoms with Gasteiger partial charge in [0.25, 0.3) is 5.91 Å². The van der Waals surface area contributed by atoms with Gasteiger partial charge in [-0.15, -0.1) is 10.2 Å². The highest BCUT2D eigenvalue weighted by Gasteiger charge is 2.15. The number of aromatic nitrogens is 2. The number of benzene rings is 2. The lowest BCUT2D eigenvalue weighted by Gasteiger charge is -2.17. The maximum absolute atomic E-state index is 13.7. The van der Waals surface area contributed by atoms with Crippen molar-refractivity contribution in [2.24, 2.45) is 0 Å². The third kappa shape index (κ3) is 4.31. The number of anilines is 4. The Morgan fingerprint density at radius 1 is 0.897 bits per heavy atom. The molecule has 0 atom stereocenters. The standard InChI is InChI=1S/C21H19F2N5O/c22-16-4-3-5-17(23)20(16)25-21(29)18-10-11-19(27-26-18)24-14-6-8-15(9-7-14)28-12-1-2-13-28/h3-11H,1-2,12-13H2,(H,24,27)(H,25,29). The van der Waals surface area contributed by atoms with Crippen LogP contribution < -0.4 is 15.5 Å². The molecular weight excluding hydrogens is 376 g/mol. The molecule has 0 radical (unpaired) electrons. The van der Waals surface area contributed by atoms with Crippen molar-refractivity contribution in [2.75, 3.05) is 28.6 Å². The number of hydrogen-bond donors (Lipinski definition) is 2. The van der Waals surface area contributed by atoms with Gasteiger partial charge >= 0.3 is 0 Å². The molecule has 0 unspecified atom stereocenters. The number of carbonyl (C=O) groups is 1. The number of nitrogens with one attached hydrogen (secondary N) is 2. The molecule has 1 aliphatic heterocycles. The van der Waals surface area contributed by atoms with Gasteiger partial charge in [-0.2, -0.15) is 0 Å². The summed E-state index contributed by atoms with van der Waals surface area (Å²) in [6.45, 7) is 2.16. The summed E-state index contributed by atoms with van der Waals surface area (Å²) in [5, 5.41) is 13.1. The molecule has 1 fully saturated rings. The largest absolute Gasteiger partial charge is 0.372 e. The van der Waals surface area contributed by atoms with Gasteiger partial charge in [-0.25, -0.2) is 8.78 Å². The highest BCUT2D eigenvalue weighted by atomic mass is 19.1. The molecule has 0 bridgehead atoms. The normalized spacial score (nSPS) is 13.4. The van der Waals surface area contributed by atoms with Crippen LogP contribution in [0, 0.1) is 11.6 Å². The van der Waals surface area contributed by atoms with E-state index < -0.39 is 23.2 Å². The van der Waals surface area contributed by atoms with Gasteiger partial charge < -0.3 is 15.5 Å². The number of halogens is 2. The Labute approximate surface area is 166 Å². The van der Waals surface area contributed by atoms with Crippen LogP contribution in [0.5, 0.6) is 0 Å². The van der Waals surface area contributed by atoms with E-state index in [4.69, 9.17) is 0 Å². The van der Waals surface area contributed by atoms with E-state index in [1.54, 1.807) is 6.07 Å². The average Bonchev–Trinajstić information content (AvgIpc) is 3.27. The van der Waals surface area contributed by atoms with Gasteiger partial charge in [-0.3, -0.25) is 4.79 Å². The SMILES string of the molecule is O=C(Nc1c(F)cccc1F)c1ccc(Nc2ccc(N3CCCC3)cc2)nn1. The Hall–Kier alpha value is -3.55. The van der Waals surface area contributed by atoms with Gasteiger partial charge in [-0.05, 0) is 61.4 Å². The van der Waals surface area contributed by atoms with Crippen molar-refractivity contribution in [2.45, 2.75) is 12.8 Å². The molecule has 2 N–H and O–H groups in total. The van der Waals surface area contributed by atoms with Crippen molar-refractivity contribution >= 4 is 28.8 Å². The molecule has 0 aliphatic carbocycles. The zero-order chi connectivity index (χ0) is 20.2. The quantitative estimate of drug-likeness (QED) is 0.672. The van der Waals surface area contributed by atoms with E-state index >= 15 is 0 Å². The van der Waals surface area contributed by atoms with Crippen molar-refractivity contribution in [1.82, 2.24) is 10.2 Å². The highest BCUT2D eigenvalue weighted by molar-refractivity contribution is 6.02. The van der Waals surface area contributed by atoms with Crippen molar-refractivity contribution in [3.63, 3.8) is 0 Å². The molecule has 1 aromatic heterocycles. The van der Waals surface area contributed by atoms with E-state index in [1.807, 2.05) is 24.3 Å². The van der Waals surface area contributed by atoms with Crippen LogP contribution >= 0.6 is 0 Å². The van der Waals surface area contributed by atoms with Crippen molar-refractivity contribution in [1.29, 1.82) is 0 Å². The molecule has 4 rings (SSSR count). The lowest BCUT2D eigenvalue weighted by molar-refractivity contribution is 0.102. The first-order valence-corrected chi connectivity index (χ1v) is 9.31. The molecule has 1 aliphatic rings. The Kier molecular flexibility index (Phi) is 5.33. The van der Waals surface area contributed by atoms with Gasteiger partial charge in [0.05, 0.1) is 0 Å². The molecule has 0 spiro atoms. The van der Waals surface area contributed by atoms with E-state index in [-0.39, 0.29) is 5.69 Å². The third-order valence-electron chi connectivity index (χ3n) is 4.71. The second-order valence-corrected chi connectivity index (χ2v) is 6.72. The zero-order valence-electron chi connectivity index (χ0n) is 15.5. The first kappa shape index (κ1) is 18.8. The Bertz CT molecular complexity index is 982. The molecule has 3 aromatic rings. The van der Waals surface area contributed by atoms with Crippen LogP contribution in [-0.4, -0.2) is 29.2 Å². The molecule has 148 valence electrons. The summed E-state index contributed by atoms with van der Waals surface area (Å²) in [6, 6.07) is 14.4. The van der Waals surface area contributed by atoms with E-state index in [9.17, 15) is 13.6 Å². The number of amides is 1. The second-order valence-electron chi connectivity index (χ2n) is 6.72. The molecule has 8 heteroatoms. The lowest BCUT2D eigenvalue weighted by Crippen LogP contribution is -2.17. The summed E-state index contributed by atoms with van der Waals surface area (Å²) in [7, 11) is 0. The number of rotatable bonds is 5. The maximum atomic E-state index is 13.7. The van der Waals surface area contributed by atoms with E-state index in [0.29, 0.717) is 5.82 Å². The molecule has 2 aromatic carbocycles. The predicted molar refractivity (Wildman–Crippen MR) is 108 cm³/mol. The minimum atomic E-state index is -0.859. The smallest absolute Gasteiger partial charge is 0.276 e. The molecule has 2 heterocycles. The van der Waals surface area contributed by atoms with Crippen molar-refractivity contribution < 1.29 is 13.6 Å². The third-order valence-corrected chi connectivity index (χ3v) is 4.71. The molecule has 0 saturated carbocycles. The van der Waals surface area contributed by atoms with Crippen LogP contribution in [0.3, 0.4) is 0 Å². The molecular formula is C21H19F2N5O. The maximum Gasteiger partial charge on any atom is 0.276 e. The fraction of sp³-hybridized carbons (Fsp3) is 0.190. The number of hydrogen-bond acceptors (Lipinski definition) is 5. The molecule has 29 heavy (non-hydrogen) atoms. The minimum absolute atomic E-state index is 0.0532. The Morgan fingerprint density at radius 2 is 1.59 bits per heavy atom. The second kappa shape index (κ2) is 8.22. The van der Waals surface area contributed by atoms with Gasteiger partial charge in [0, 0.05) is 24.5 Å². The van der Waals surface area contributed by atoms with Crippen LogP contribution in [0.2, 0.25) is 0 Å². The van der Waals surface area contributed by atoms with Crippen LogP contribution in [-0.2, 0) is 0 Å². The fourth-order valence-electron chi connectivity index (χ4n) is 3.19. The Morgan fingerprint density at radius 3 is 2.21 bits per heavy atom. The average molecular weight is 395 g/mol. The summed E-state index contributed by atoms with van der Waals surface area (Å²) in [5.74, 6) is -2.01. The van der Waals surface area contributed by atoms with E-state index in [0.717, 1.165) is 30.9 Å². The predicted octanol–water partition coefficient (Wildman–Crippen LogP) is 4.35. The van der Waals surface area contributed by atoms with Gasteiger partial charge in [0.15, 0.2) is 11.5 Å². The van der Waals surface area contributed by atoms with Crippen molar-refractivity contribution in [3.05, 3.63) is 71.9 Å². The van der Waals surface area contributed by atoms with Gasteiger partial charge in [-0.1, -0.05) is 6.07 Å². The molecule has 1 amide bonds. The van der Waals surface area contributed by atoms with Crippen LogP contribution in [0.25, 0.3) is 0 Å². The Balaban J connectivity index is 1.40. The van der Waals surface area contributed by atoms with Crippen LogP contribution in [0.15, 0.2) is 54.6 Å². The summed E-state index contributed by atoms with van der Waals surface area (Å²) >= 11 is 0. The van der Waals surface area contributed by atoms with Crippen LogP contribution in [0.1, 0.15) is 23.3 Å². The molecule has 6 nitrogen and oxygen atoms in total. The number of nitrogens with zero attached hydrogens (tertiary/aromatic N) is 3. The summed E-state index contributed by atoms with van der Waals surface area (Å²) in [5.41, 5.74) is 1.46. The highest BCUT2D eigenvalue weighted by Crippen LogP contribution is 2.23. The first-order valence-electron chi connectivity index (χ1n) is 9.31. The summed E-state index contributed by atoms with van der Waals surface area (Å²) in [4.78, 5) is 14.5. The number of carbonyl (C=O) groups excluding carboxylic acids is 1. The van der Waals surface area contributed by atoms with Gasteiger partial charge in [0.1, 0.15) is 17.3 Å². The minimum Gasteiger partial charge on any atom is -0.372 e. The first-order chi connectivity index (χ1) is 14.1. The number of para-hydroxylation sites is 1. The van der Waals surface area contributed by atoms with E-state index in [1.165, 1.54) is 30.7 Å². The van der Waals surface area contributed by atoms with E-state index in [2.05, 4.69) is 25.7 Å². The van der Waals surface area contributed by atoms with Crippen molar-refractivity contribution in [3.8, 4) is 0 Å². The monoisotopic (exact) mass is 395 g/mol.